The summed E-state index contributed by atoms with van der Waals surface area (Å²) < 4.78 is 10.3. The topological polar surface area (TPSA) is 59.1 Å². The van der Waals surface area contributed by atoms with Crippen LogP contribution in [0.5, 0.6) is 0 Å². The molecule has 0 spiro atoms. The molecule has 0 N–H and O–H groups in total. The summed E-state index contributed by atoms with van der Waals surface area (Å²) in [6.45, 7) is 7.09. The van der Waals surface area contributed by atoms with Gasteiger partial charge in [-0.1, -0.05) is 0 Å². The van der Waals surface area contributed by atoms with Crippen molar-refractivity contribution in [2.45, 2.75) is 19.8 Å². The Hall–Kier alpha value is -1.14. The number of morpholine rings is 1. The summed E-state index contributed by atoms with van der Waals surface area (Å²) in [7, 11) is 0. The second kappa shape index (κ2) is 7.59. The zero-order chi connectivity index (χ0) is 14.4. The fourth-order valence-corrected chi connectivity index (χ4v) is 2.68. The first-order valence-electron chi connectivity index (χ1n) is 7.45. The van der Waals surface area contributed by atoms with Crippen LogP contribution in [0.1, 0.15) is 19.8 Å². The average Bonchev–Trinajstić information content (AvgIpc) is 2.48. The number of hydrogen-bond acceptors (Lipinski definition) is 5. The summed E-state index contributed by atoms with van der Waals surface area (Å²) in [5.41, 5.74) is 0. The van der Waals surface area contributed by atoms with E-state index in [4.69, 9.17) is 9.47 Å². The maximum absolute atomic E-state index is 12.2. The van der Waals surface area contributed by atoms with Gasteiger partial charge in [-0.3, -0.25) is 14.5 Å². The van der Waals surface area contributed by atoms with E-state index < -0.39 is 0 Å². The van der Waals surface area contributed by atoms with Crippen molar-refractivity contribution in [1.82, 2.24) is 9.80 Å². The van der Waals surface area contributed by atoms with Crippen molar-refractivity contribution in [3.63, 3.8) is 0 Å². The number of rotatable bonds is 4. The minimum atomic E-state index is -0.118. The van der Waals surface area contributed by atoms with Gasteiger partial charge in [0, 0.05) is 26.2 Å². The highest BCUT2D eigenvalue weighted by Crippen LogP contribution is 2.19. The standard InChI is InChI=1S/C14H24N2O4/c1-2-20-14(18)12-3-5-16(6-4-12)13(17)11-15-7-9-19-10-8-15/h12H,2-11H2,1H3. The lowest BCUT2D eigenvalue weighted by atomic mass is 9.97. The molecule has 0 unspecified atom stereocenters. The van der Waals surface area contributed by atoms with Crippen LogP contribution in [-0.2, 0) is 19.1 Å². The van der Waals surface area contributed by atoms with Crippen LogP contribution in [0.3, 0.4) is 0 Å². The van der Waals surface area contributed by atoms with Crippen LogP contribution in [0, 0.1) is 5.92 Å². The van der Waals surface area contributed by atoms with Crippen molar-refractivity contribution in [2.75, 3.05) is 52.5 Å². The third-order valence-corrected chi connectivity index (χ3v) is 3.93. The molecular formula is C14H24N2O4. The van der Waals surface area contributed by atoms with Gasteiger partial charge in [-0.05, 0) is 19.8 Å². The van der Waals surface area contributed by atoms with Crippen LogP contribution in [-0.4, -0.2) is 74.2 Å². The molecule has 6 heteroatoms. The molecule has 0 atom stereocenters. The number of carbonyl (C=O) groups excluding carboxylic acids is 2. The van der Waals surface area contributed by atoms with E-state index in [9.17, 15) is 9.59 Å². The molecule has 2 heterocycles. The summed E-state index contributed by atoms with van der Waals surface area (Å²) in [6, 6.07) is 0. The lowest BCUT2D eigenvalue weighted by molar-refractivity contribution is -0.151. The number of nitrogens with zero attached hydrogens (tertiary/aromatic N) is 2. The van der Waals surface area contributed by atoms with Crippen LogP contribution < -0.4 is 0 Å². The Balaban J connectivity index is 1.72. The van der Waals surface area contributed by atoms with Crippen LogP contribution in [0.25, 0.3) is 0 Å². The summed E-state index contributed by atoms with van der Waals surface area (Å²) >= 11 is 0. The van der Waals surface area contributed by atoms with Crippen molar-refractivity contribution in [3.8, 4) is 0 Å². The molecule has 114 valence electrons. The highest BCUT2D eigenvalue weighted by molar-refractivity contribution is 5.79. The van der Waals surface area contributed by atoms with Gasteiger partial charge in [-0.15, -0.1) is 0 Å². The number of esters is 1. The van der Waals surface area contributed by atoms with E-state index in [0.29, 0.717) is 52.3 Å². The number of likely N-dealkylation sites (tertiary alicyclic amines) is 1. The summed E-state index contributed by atoms with van der Waals surface area (Å²) in [5.74, 6) is 0.00405. The fourth-order valence-electron chi connectivity index (χ4n) is 2.68. The molecule has 2 fully saturated rings. The highest BCUT2D eigenvalue weighted by atomic mass is 16.5. The number of amides is 1. The van der Waals surface area contributed by atoms with Gasteiger partial charge < -0.3 is 14.4 Å². The van der Waals surface area contributed by atoms with E-state index in [1.54, 1.807) is 0 Å². The van der Waals surface area contributed by atoms with E-state index in [1.807, 2.05) is 11.8 Å². The van der Waals surface area contributed by atoms with E-state index >= 15 is 0 Å². The van der Waals surface area contributed by atoms with Crippen LogP contribution >= 0.6 is 0 Å². The quantitative estimate of drug-likeness (QED) is 0.686. The van der Waals surface area contributed by atoms with E-state index in [2.05, 4.69) is 4.90 Å². The maximum Gasteiger partial charge on any atom is 0.309 e. The molecular weight excluding hydrogens is 260 g/mol. The second-order valence-electron chi connectivity index (χ2n) is 5.30. The molecule has 0 radical (unpaired) electrons. The molecule has 20 heavy (non-hydrogen) atoms. The van der Waals surface area contributed by atoms with Crippen molar-refractivity contribution < 1.29 is 19.1 Å². The highest BCUT2D eigenvalue weighted by Gasteiger charge is 2.28. The summed E-state index contributed by atoms with van der Waals surface area (Å²) in [6.07, 6.45) is 1.43. The predicted octanol–water partition coefficient (Wildman–Crippen LogP) is 0.120. The van der Waals surface area contributed by atoms with Crippen molar-refractivity contribution in [3.05, 3.63) is 0 Å². The van der Waals surface area contributed by atoms with Crippen LogP contribution in [0.2, 0.25) is 0 Å². The van der Waals surface area contributed by atoms with Crippen molar-refractivity contribution >= 4 is 11.9 Å². The predicted molar refractivity (Wildman–Crippen MR) is 73.2 cm³/mol. The van der Waals surface area contributed by atoms with Gasteiger partial charge in [0.05, 0.1) is 32.3 Å². The Labute approximate surface area is 120 Å². The molecule has 0 aromatic heterocycles. The van der Waals surface area contributed by atoms with Gasteiger partial charge >= 0.3 is 5.97 Å². The average molecular weight is 284 g/mol. The fraction of sp³-hybridized carbons (Fsp3) is 0.857. The molecule has 1 amide bonds. The van der Waals surface area contributed by atoms with Gasteiger partial charge in [0.25, 0.3) is 0 Å². The number of piperidine rings is 1. The SMILES string of the molecule is CCOC(=O)C1CCN(C(=O)CN2CCOCC2)CC1. The smallest absolute Gasteiger partial charge is 0.309 e. The largest absolute Gasteiger partial charge is 0.466 e. The van der Waals surface area contributed by atoms with E-state index in [-0.39, 0.29) is 17.8 Å². The molecule has 6 nitrogen and oxygen atoms in total. The molecule has 2 rings (SSSR count). The third kappa shape index (κ3) is 4.18. The minimum Gasteiger partial charge on any atom is -0.466 e. The first kappa shape index (κ1) is 15.3. The molecule has 2 saturated heterocycles. The van der Waals surface area contributed by atoms with Gasteiger partial charge in [0.15, 0.2) is 0 Å². The lowest BCUT2D eigenvalue weighted by Gasteiger charge is -2.33. The normalized spacial score (nSPS) is 21.8. The number of carbonyl (C=O) groups is 2. The van der Waals surface area contributed by atoms with Crippen molar-refractivity contribution in [1.29, 1.82) is 0 Å². The van der Waals surface area contributed by atoms with Crippen molar-refractivity contribution in [2.24, 2.45) is 5.92 Å². The van der Waals surface area contributed by atoms with Crippen LogP contribution in [0.15, 0.2) is 0 Å². The Kier molecular flexibility index (Phi) is 5.79. The summed E-state index contributed by atoms with van der Waals surface area (Å²) in [4.78, 5) is 27.8. The van der Waals surface area contributed by atoms with Gasteiger partial charge in [-0.2, -0.15) is 0 Å². The Morgan fingerprint density at radius 1 is 1.15 bits per heavy atom. The molecule has 0 bridgehead atoms. The second-order valence-corrected chi connectivity index (χ2v) is 5.30. The molecule has 0 aromatic rings. The lowest BCUT2D eigenvalue weighted by Crippen LogP contribution is -2.47. The molecule has 0 aliphatic carbocycles. The number of ether oxygens (including phenoxy) is 2. The van der Waals surface area contributed by atoms with Crippen LogP contribution in [0.4, 0.5) is 0 Å². The third-order valence-electron chi connectivity index (χ3n) is 3.93. The molecule has 2 aliphatic rings. The number of hydrogen-bond donors (Lipinski definition) is 0. The monoisotopic (exact) mass is 284 g/mol. The van der Waals surface area contributed by atoms with Gasteiger partial charge in [0.2, 0.25) is 5.91 Å². The first-order valence-corrected chi connectivity index (χ1v) is 7.45. The molecule has 0 aromatic carbocycles. The Morgan fingerprint density at radius 3 is 2.40 bits per heavy atom. The molecule has 2 aliphatic heterocycles. The van der Waals surface area contributed by atoms with E-state index in [0.717, 1.165) is 13.1 Å². The Bertz CT molecular complexity index is 334. The minimum absolute atomic E-state index is 0.0395. The molecule has 0 saturated carbocycles. The first-order chi connectivity index (χ1) is 9.70. The van der Waals surface area contributed by atoms with E-state index in [1.165, 1.54) is 0 Å². The summed E-state index contributed by atoms with van der Waals surface area (Å²) in [5, 5.41) is 0. The maximum atomic E-state index is 12.2. The van der Waals surface area contributed by atoms with Gasteiger partial charge in [0.1, 0.15) is 0 Å². The Morgan fingerprint density at radius 2 is 1.80 bits per heavy atom. The zero-order valence-electron chi connectivity index (χ0n) is 12.2. The van der Waals surface area contributed by atoms with Gasteiger partial charge in [-0.25, -0.2) is 0 Å². The zero-order valence-corrected chi connectivity index (χ0v) is 12.2.